The number of likely N-dealkylation sites (tertiary alicyclic amines) is 1. The first kappa shape index (κ1) is 35.5. The molecular weight excluding hydrogens is 599 g/mol. The van der Waals surface area contributed by atoms with E-state index in [-0.39, 0.29) is 17.7 Å². The number of urea groups is 1. The first-order valence-corrected chi connectivity index (χ1v) is 16.9. The van der Waals surface area contributed by atoms with E-state index in [1.54, 1.807) is 42.5 Å². The Hall–Kier alpha value is -4.31. The van der Waals surface area contributed by atoms with Crippen LogP contribution in [0.15, 0.2) is 54.6 Å². The van der Waals surface area contributed by atoms with Crippen LogP contribution in [0.2, 0.25) is 0 Å². The summed E-state index contributed by atoms with van der Waals surface area (Å²) in [6.45, 7) is 12.1. The van der Waals surface area contributed by atoms with Gasteiger partial charge in [0.2, 0.25) is 0 Å². The number of halogens is 1. The number of hydrogen-bond donors (Lipinski definition) is 3. The number of carbonyl (C=O) groups excluding carboxylic acids is 2. The fourth-order valence-electron chi connectivity index (χ4n) is 5.40. The van der Waals surface area contributed by atoms with Crippen LogP contribution in [0.25, 0.3) is 0 Å². The molecule has 1 saturated heterocycles. The average Bonchev–Trinajstić information content (AvgIpc) is 3.06. The van der Waals surface area contributed by atoms with Gasteiger partial charge >= 0.3 is 6.03 Å². The second kappa shape index (κ2) is 18.1. The van der Waals surface area contributed by atoms with Gasteiger partial charge in [-0.15, -0.1) is 0 Å². The molecule has 3 amide bonds. The van der Waals surface area contributed by atoms with Crippen molar-refractivity contribution in [2.75, 3.05) is 43.4 Å². The van der Waals surface area contributed by atoms with Crippen molar-refractivity contribution < 1.29 is 28.2 Å². The van der Waals surface area contributed by atoms with E-state index in [9.17, 15) is 9.59 Å². The first-order chi connectivity index (χ1) is 22.8. The van der Waals surface area contributed by atoms with Crippen LogP contribution in [0.5, 0.6) is 23.0 Å². The number of anilines is 2. The fraction of sp³-hybridized carbons (Fsp3) is 0.459. The zero-order chi connectivity index (χ0) is 33.6. The van der Waals surface area contributed by atoms with Crippen molar-refractivity contribution in [1.29, 1.82) is 0 Å². The molecule has 254 valence electrons. The molecule has 0 unspecified atom stereocenters. The molecule has 0 aromatic heterocycles. The minimum Gasteiger partial charge on any atom is -0.490 e. The first-order valence-electron chi connectivity index (χ1n) is 16.9. The number of amides is 3. The number of piperidine rings is 1. The van der Waals surface area contributed by atoms with E-state index < -0.39 is 11.7 Å². The lowest BCUT2D eigenvalue weighted by Crippen LogP contribution is -2.38. The average molecular weight is 649 g/mol. The van der Waals surface area contributed by atoms with Crippen LogP contribution in [0, 0.1) is 12.7 Å². The normalized spacial score (nSPS) is 13.6. The Morgan fingerprint density at radius 2 is 1.57 bits per heavy atom. The van der Waals surface area contributed by atoms with Gasteiger partial charge < -0.3 is 35.1 Å². The zero-order valence-electron chi connectivity index (χ0n) is 28.1. The molecule has 3 aromatic rings. The molecule has 0 aliphatic carbocycles. The van der Waals surface area contributed by atoms with E-state index >= 15 is 4.39 Å². The van der Waals surface area contributed by atoms with Crippen LogP contribution >= 0.6 is 0 Å². The predicted octanol–water partition coefficient (Wildman–Crippen LogP) is 8.53. The highest BCUT2D eigenvalue weighted by atomic mass is 19.1. The van der Waals surface area contributed by atoms with Crippen LogP contribution in [0.4, 0.5) is 20.6 Å². The van der Waals surface area contributed by atoms with E-state index in [1.807, 2.05) is 13.8 Å². The highest BCUT2D eigenvalue weighted by Crippen LogP contribution is 2.35. The number of ether oxygens (including phenoxy) is 3. The van der Waals surface area contributed by atoms with E-state index in [0.29, 0.717) is 53.1 Å². The van der Waals surface area contributed by atoms with E-state index in [1.165, 1.54) is 25.0 Å². The van der Waals surface area contributed by atoms with E-state index in [2.05, 4.69) is 34.7 Å². The molecule has 0 saturated carbocycles. The van der Waals surface area contributed by atoms with Gasteiger partial charge in [-0.2, -0.15) is 0 Å². The third-order valence-electron chi connectivity index (χ3n) is 8.07. The summed E-state index contributed by atoms with van der Waals surface area (Å²) in [6, 6.07) is 14.5. The maximum atomic E-state index is 15.1. The van der Waals surface area contributed by atoms with Gasteiger partial charge in [-0.05, 0) is 94.1 Å². The van der Waals surface area contributed by atoms with Gasteiger partial charge in [0.05, 0.1) is 12.2 Å². The monoisotopic (exact) mass is 648 g/mol. The number of aryl methyl sites for hydroxylation is 1. The number of rotatable bonds is 16. The molecule has 1 fully saturated rings. The highest BCUT2D eigenvalue weighted by Gasteiger charge is 2.22. The summed E-state index contributed by atoms with van der Waals surface area (Å²) in [5.41, 5.74) is 1.74. The van der Waals surface area contributed by atoms with E-state index in [0.717, 1.165) is 51.7 Å². The SMILES string of the molecule is CCCCCNC(=O)Nc1ccc(Oc2ccc(NC(=O)c3cc(C)c(OC4CCN(CCCC)CC4)cc3F)cc2)c(OCC)c1. The Kier molecular flexibility index (Phi) is 13.7. The molecular formula is C37H49FN4O5. The van der Waals surface area contributed by atoms with Crippen molar-refractivity contribution in [3.05, 3.63) is 71.5 Å². The molecule has 1 aliphatic heterocycles. The largest absolute Gasteiger partial charge is 0.490 e. The van der Waals surface area contributed by atoms with Crippen molar-refractivity contribution in [3.8, 4) is 23.0 Å². The lowest BCUT2D eigenvalue weighted by Gasteiger charge is -2.32. The number of unbranched alkanes of at least 4 members (excludes halogenated alkanes) is 3. The highest BCUT2D eigenvalue weighted by molar-refractivity contribution is 6.04. The van der Waals surface area contributed by atoms with Crippen molar-refractivity contribution in [2.24, 2.45) is 0 Å². The summed E-state index contributed by atoms with van der Waals surface area (Å²) in [6.07, 6.45) is 7.31. The van der Waals surface area contributed by atoms with Crippen LogP contribution in [0.1, 0.15) is 81.6 Å². The molecule has 47 heavy (non-hydrogen) atoms. The van der Waals surface area contributed by atoms with Crippen molar-refractivity contribution in [1.82, 2.24) is 10.2 Å². The lowest BCUT2D eigenvalue weighted by atomic mass is 10.1. The summed E-state index contributed by atoms with van der Waals surface area (Å²) in [4.78, 5) is 27.7. The number of nitrogens with one attached hydrogen (secondary N) is 3. The van der Waals surface area contributed by atoms with Gasteiger partial charge in [0.1, 0.15) is 23.4 Å². The summed E-state index contributed by atoms with van der Waals surface area (Å²) in [7, 11) is 0. The van der Waals surface area contributed by atoms with Gasteiger partial charge in [0.15, 0.2) is 11.5 Å². The quantitative estimate of drug-likeness (QED) is 0.135. The number of hydrogen-bond acceptors (Lipinski definition) is 6. The molecule has 9 nitrogen and oxygen atoms in total. The molecule has 0 spiro atoms. The number of benzene rings is 3. The third kappa shape index (κ3) is 10.9. The molecule has 3 N–H and O–H groups in total. The Bertz CT molecular complexity index is 1460. The second-order valence-electron chi connectivity index (χ2n) is 11.9. The molecule has 1 heterocycles. The number of carbonyl (C=O) groups is 2. The Labute approximate surface area is 278 Å². The van der Waals surface area contributed by atoms with Crippen LogP contribution in [-0.2, 0) is 0 Å². The minimum atomic E-state index is -0.626. The molecule has 0 bridgehead atoms. The van der Waals surface area contributed by atoms with Gasteiger partial charge in [-0.1, -0.05) is 33.1 Å². The molecule has 1 aliphatic rings. The Morgan fingerprint density at radius 3 is 2.28 bits per heavy atom. The topological polar surface area (TPSA) is 101 Å². The molecule has 10 heteroatoms. The third-order valence-corrected chi connectivity index (χ3v) is 8.07. The summed E-state index contributed by atoms with van der Waals surface area (Å²) in [5.74, 6) is 0.764. The van der Waals surface area contributed by atoms with Crippen molar-refractivity contribution >= 4 is 23.3 Å². The fourth-order valence-corrected chi connectivity index (χ4v) is 5.40. The molecule has 0 radical (unpaired) electrons. The molecule has 3 aromatic carbocycles. The number of nitrogens with zero attached hydrogens (tertiary/aromatic N) is 1. The second-order valence-corrected chi connectivity index (χ2v) is 11.9. The zero-order valence-corrected chi connectivity index (χ0v) is 28.1. The maximum absolute atomic E-state index is 15.1. The smallest absolute Gasteiger partial charge is 0.319 e. The van der Waals surface area contributed by atoms with Crippen molar-refractivity contribution in [3.63, 3.8) is 0 Å². The van der Waals surface area contributed by atoms with Gasteiger partial charge in [-0.3, -0.25) is 4.79 Å². The maximum Gasteiger partial charge on any atom is 0.319 e. The Morgan fingerprint density at radius 1 is 0.851 bits per heavy atom. The summed E-state index contributed by atoms with van der Waals surface area (Å²) >= 11 is 0. The van der Waals surface area contributed by atoms with Gasteiger partial charge in [0, 0.05) is 43.1 Å². The molecule has 0 atom stereocenters. The van der Waals surface area contributed by atoms with Crippen LogP contribution in [-0.4, -0.2) is 55.7 Å². The summed E-state index contributed by atoms with van der Waals surface area (Å²) in [5, 5.41) is 8.44. The van der Waals surface area contributed by atoms with Crippen molar-refractivity contribution in [2.45, 2.75) is 78.7 Å². The standard InChI is InChI=1S/C37H49FN4O5/c1-5-8-10-19-39-37(44)41-28-13-16-33(35(24-28)45-7-3)46-29-14-11-27(12-15-29)40-36(43)31-23-26(4)34(25-32(31)38)47-30-17-21-42(22-18-30)20-9-6-2/h11-16,23-25,30H,5-10,17-22H2,1-4H3,(H,40,43)(H2,39,41,44). The minimum absolute atomic E-state index is 0.0391. The van der Waals surface area contributed by atoms with Gasteiger partial charge in [0.25, 0.3) is 5.91 Å². The van der Waals surface area contributed by atoms with Gasteiger partial charge in [-0.25, -0.2) is 9.18 Å². The lowest BCUT2D eigenvalue weighted by molar-refractivity contribution is 0.0986. The van der Waals surface area contributed by atoms with Crippen LogP contribution in [0.3, 0.4) is 0 Å². The van der Waals surface area contributed by atoms with Crippen LogP contribution < -0.4 is 30.2 Å². The Balaban J connectivity index is 1.32. The summed E-state index contributed by atoms with van der Waals surface area (Å²) < 4.78 is 33.1. The van der Waals surface area contributed by atoms with E-state index in [4.69, 9.17) is 14.2 Å². The molecule has 4 rings (SSSR count). The predicted molar refractivity (Wildman–Crippen MR) is 185 cm³/mol.